The summed E-state index contributed by atoms with van der Waals surface area (Å²) in [6.07, 6.45) is 5.00. The molecule has 10 heteroatoms. The van der Waals surface area contributed by atoms with E-state index in [1.54, 1.807) is 48.3 Å². The average molecular weight is 382 g/mol. The van der Waals surface area contributed by atoms with E-state index in [9.17, 15) is 9.90 Å². The standard InChI is InChI=1S/C17H14N6O3S/c1-2-13-15(22-8-18-6-14(22)27-13)16(24)11-7-23(21-20-11)9-3-4-10-12(5-9)26-17(25)19-10/h3-8,16,24H,2H2,1H3,(H,19,25). The number of aromatic nitrogens is 6. The van der Waals surface area contributed by atoms with Crippen molar-refractivity contribution in [2.24, 2.45) is 0 Å². The van der Waals surface area contributed by atoms with Crippen molar-refractivity contribution in [1.29, 1.82) is 0 Å². The highest BCUT2D eigenvalue weighted by atomic mass is 32.1. The highest BCUT2D eigenvalue weighted by Gasteiger charge is 2.23. The van der Waals surface area contributed by atoms with Gasteiger partial charge in [0.2, 0.25) is 0 Å². The van der Waals surface area contributed by atoms with E-state index in [4.69, 9.17) is 4.42 Å². The van der Waals surface area contributed by atoms with Crippen molar-refractivity contribution < 1.29 is 9.52 Å². The monoisotopic (exact) mass is 382 g/mol. The second-order valence-electron chi connectivity index (χ2n) is 6.05. The lowest BCUT2D eigenvalue weighted by Gasteiger charge is -2.08. The molecule has 4 aromatic heterocycles. The molecular weight excluding hydrogens is 368 g/mol. The second kappa shape index (κ2) is 5.89. The van der Waals surface area contributed by atoms with Gasteiger partial charge in [-0.1, -0.05) is 12.1 Å². The van der Waals surface area contributed by atoms with Crippen LogP contribution in [0.15, 0.2) is 46.1 Å². The summed E-state index contributed by atoms with van der Waals surface area (Å²) in [5.41, 5.74) is 2.90. The topological polar surface area (TPSA) is 114 Å². The summed E-state index contributed by atoms with van der Waals surface area (Å²) in [4.78, 5) is 20.1. The number of imidazole rings is 1. The maximum atomic E-state index is 11.3. The molecule has 5 rings (SSSR count). The molecule has 0 spiro atoms. The fourth-order valence-electron chi connectivity index (χ4n) is 3.13. The van der Waals surface area contributed by atoms with Crippen molar-refractivity contribution in [2.75, 3.05) is 0 Å². The molecule has 0 aliphatic carbocycles. The number of rotatable bonds is 4. The number of oxazole rings is 1. The van der Waals surface area contributed by atoms with Crippen LogP contribution in [0.4, 0.5) is 0 Å². The molecule has 1 unspecified atom stereocenters. The number of aromatic amines is 1. The minimum atomic E-state index is -0.925. The first kappa shape index (κ1) is 16.0. The summed E-state index contributed by atoms with van der Waals surface area (Å²) >= 11 is 1.60. The average Bonchev–Trinajstić information content (AvgIpc) is 3.41. The third-order valence-electron chi connectivity index (χ3n) is 4.42. The number of aliphatic hydroxyl groups is 1. The molecule has 0 radical (unpaired) electrons. The van der Waals surface area contributed by atoms with Gasteiger partial charge in [-0.2, -0.15) is 0 Å². The highest BCUT2D eigenvalue weighted by Crippen LogP contribution is 2.31. The van der Waals surface area contributed by atoms with Gasteiger partial charge >= 0.3 is 5.76 Å². The number of nitrogens with one attached hydrogen (secondary N) is 1. The largest absolute Gasteiger partial charge is 0.417 e. The molecule has 0 aliphatic rings. The van der Waals surface area contributed by atoms with Gasteiger partial charge in [0.15, 0.2) is 5.58 Å². The SMILES string of the molecule is CCc1sc2cncn2c1C(O)c1cn(-c2ccc3[nH]c(=O)oc3c2)nn1. The Hall–Kier alpha value is -3.24. The molecule has 4 heterocycles. The smallest absolute Gasteiger partial charge is 0.408 e. The summed E-state index contributed by atoms with van der Waals surface area (Å²) in [6, 6.07) is 5.21. The van der Waals surface area contributed by atoms with Crippen LogP contribution in [0.2, 0.25) is 0 Å². The molecule has 1 atom stereocenters. The Labute approximate surface area is 155 Å². The number of thiazole rings is 1. The molecule has 27 heavy (non-hydrogen) atoms. The van der Waals surface area contributed by atoms with E-state index in [-0.39, 0.29) is 0 Å². The Morgan fingerprint density at radius 3 is 3.15 bits per heavy atom. The lowest BCUT2D eigenvalue weighted by molar-refractivity contribution is 0.208. The van der Waals surface area contributed by atoms with Gasteiger partial charge in [-0.3, -0.25) is 9.38 Å². The number of fused-ring (bicyclic) bond motifs is 2. The summed E-state index contributed by atoms with van der Waals surface area (Å²) in [6.45, 7) is 2.05. The van der Waals surface area contributed by atoms with Crippen LogP contribution in [0.25, 0.3) is 21.6 Å². The second-order valence-corrected chi connectivity index (χ2v) is 7.17. The Bertz CT molecular complexity index is 1320. The number of aryl methyl sites for hydroxylation is 1. The Balaban J connectivity index is 1.55. The molecule has 1 aromatic carbocycles. The van der Waals surface area contributed by atoms with E-state index in [0.29, 0.717) is 22.5 Å². The third-order valence-corrected chi connectivity index (χ3v) is 5.67. The molecule has 0 fully saturated rings. The van der Waals surface area contributed by atoms with Gasteiger partial charge in [-0.15, -0.1) is 16.4 Å². The lowest BCUT2D eigenvalue weighted by atomic mass is 10.1. The van der Waals surface area contributed by atoms with Gasteiger partial charge in [-0.25, -0.2) is 14.5 Å². The Morgan fingerprint density at radius 1 is 1.41 bits per heavy atom. The highest BCUT2D eigenvalue weighted by molar-refractivity contribution is 7.17. The van der Waals surface area contributed by atoms with Gasteiger partial charge in [-0.05, 0) is 18.6 Å². The molecule has 0 saturated heterocycles. The number of H-pyrrole nitrogens is 1. The van der Waals surface area contributed by atoms with Crippen molar-refractivity contribution in [2.45, 2.75) is 19.4 Å². The van der Waals surface area contributed by atoms with Crippen LogP contribution < -0.4 is 5.76 Å². The van der Waals surface area contributed by atoms with E-state index < -0.39 is 11.9 Å². The van der Waals surface area contributed by atoms with Crippen molar-refractivity contribution in [3.63, 3.8) is 0 Å². The van der Waals surface area contributed by atoms with E-state index in [1.807, 2.05) is 11.3 Å². The zero-order valence-corrected chi connectivity index (χ0v) is 15.0. The zero-order valence-electron chi connectivity index (χ0n) is 14.2. The first-order valence-corrected chi connectivity index (χ1v) is 9.13. The lowest BCUT2D eigenvalue weighted by Crippen LogP contribution is -2.06. The molecule has 0 bridgehead atoms. The van der Waals surface area contributed by atoms with Crippen molar-refractivity contribution in [3.05, 3.63) is 63.7 Å². The van der Waals surface area contributed by atoms with Crippen LogP contribution in [0.5, 0.6) is 0 Å². The van der Waals surface area contributed by atoms with Crippen LogP contribution in [-0.4, -0.2) is 34.5 Å². The predicted octanol–water partition coefficient (Wildman–Crippen LogP) is 2.06. The van der Waals surface area contributed by atoms with E-state index in [2.05, 4.69) is 20.3 Å². The van der Waals surface area contributed by atoms with Crippen LogP contribution >= 0.6 is 11.3 Å². The maximum absolute atomic E-state index is 11.3. The summed E-state index contributed by atoms with van der Waals surface area (Å²) in [5, 5.41) is 19.2. The van der Waals surface area contributed by atoms with E-state index >= 15 is 0 Å². The van der Waals surface area contributed by atoms with Crippen molar-refractivity contribution in [3.8, 4) is 5.69 Å². The van der Waals surface area contributed by atoms with Gasteiger partial charge in [0, 0.05) is 10.9 Å². The minimum absolute atomic E-state index is 0.425. The molecule has 0 saturated carbocycles. The molecule has 0 aliphatic heterocycles. The van der Waals surface area contributed by atoms with Crippen LogP contribution in [0.3, 0.4) is 0 Å². The van der Waals surface area contributed by atoms with E-state index in [0.717, 1.165) is 21.8 Å². The number of hydrogen-bond donors (Lipinski definition) is 2. The van der Waals surface area contributed by atoms with Gasteiger partial charge in [0.25, 0.3) is 0 Å². The van der Waals surface area contributed by atoms with Crippen molar-refractivity contribution in [1.82, 2.24) is 29.4 Å². The summed E-state index contributed by atoms with van der Waals surface area (Å²) in [5.74, 6) is -0.509. The Morgan fingerprint density at radius 2 is 2.30 bits per heavy atom. The fourth-order valence-corrected chi connectivity index (χ4v) is 4.20. The van der Waals surface area contributed by atoms with Gasteiger partial charge in [0.05, 0.1) is 29.3 Å². The summed E-state index contributed by atoms with van der Waals surface area (Å²) < 4.78 is 8.50. The molecule has 2 N–H and O–H groups in total. The molecule has 9 nitrogen and oxygen atoms in total. The van der Waals surface area contributed by atoms with Crippen LogP contribution in [0, 0.1) is 0 Å². The summed E-state index contributed by atoms with van der Waals surface area (Å²) in [7, 11) is 0. The number of hydrogen-bond acceptors (Lipinski definition) is 7. The minimum Gasteiger partial charge on any atom is -0.408 e. The molecular formula is C17H14N6O3S. The van der Waals surface area contributed by atoms with Gasteiger partial charge < -0.3 is 9.52 Å². The normalized spacial score (nSPS) is 13.0. The number of benzene rings is 1. The first-order valence-electron chi connectivity index (χ1n) is 8.31. The molecule has 0 amide bonds. The predicted molar refractivity (Wildman–Crippen MR) is 98.3 cm³/mol. The quantitative estimate of drug-likeness (QED) is 0.492. The van der Waals surface area contributed by atoms with Crippen LogP contribution in [0.1, 0.15) is 29.3 Å². The van der Waals surface area contributed by atoms with Gasteiger partial charge in [0.1, 0.15) is 23.0 Å². The van der Waals surface area contributed by atoms with Crippen molar-refractivity contribution >= 4 is 27.3 Å². The maximum Gasteiger partial charge on any atom is 0.417 e. The zero-order chi connectivity index (χ0) is 18.5. The Kier molecular flexibility index (Phi) is 3.49. The molecule has 136 valence electrons. The van der Waals surface area contributed by atoms with Crippen LogP contribution in [-0.2, 0) is 6.42 Å². The number of aliphatic hydroxyl groups excluding tert-OH is 1. The molecule has 5 aromatic rings. The fraction of sp³-hybridized carbons (Fsp3) is 0.176. The first-order chi connectivity index (χ1) is 13.1. The number of nitrogens with zero attached hydrogens (tertiary/aromatic N) is 5. The van der Waals surface area contributed by atoms with E-state index in [1.165, 1.54) is 4.68 Å². The third kappa shape index (κ3) is 2.49.